The average Bonchev–Trinajstić information content (AvgIpc) is 3.57. The summed E-state index contributed by atoms with van der Waals surface area (Å²) in [5.74, 6) is -0.229. The Kier molecular flexibility index (Phi) is 6.87. The van der Waals surface area contributed by atoms with Crippen LogP contribution in [0.25, 0.3) is 11.8 Å². The van der Waals surface area contributed by atoms with Crippen molar-refractivity contribution in [3.05, 3.63) is 94.4 Å². The van der Waals surface area contributed by atoms with Crippen molar-refractivity contribution in [2.45, 2.75) is 49.6 Å². The standard InChI is InChI=1S/C31H30ClFN6O3S/c1-37-13-11-29(36-37)43(41,42)38(19-20-2-3-20)26-7-4-22-14-28-21(18-35-39(28)25-8-5-24(33)6-9-25)16-31(22,17-26)30(40)27-15-23(32)10-12-34-27/h5-6,8-15,18,20,26H,2-4,7,16-17,19H2,1H3/t26-,31-/m0/s1. The number of hydrogen-bond acceptors (Lipinski definition) is 6. The monoisotopic (exact) mass is 620 g/mol. The van der Waals surface area contributed by atoms with Crippen molar-refractivity contribution < 1.29 is 17.6 Å². The molecule has 0 amide bonds. The van der Waals surface area contributed by atoms with Gasteiger partial charge in [0.25, 0.3) is 10.0 Å². The van der Waals surface area contributed by atoms with Crippen LogP contribution in [0.5, 0.6) is 0 Å². The van der Waals surface area contributed by atoms with Gasteiger partial charge in [-0.05, 0) is 98.5 Å². The molecule has 0 unspecified atom stereocenters. The van der Waals surface area contributed by atoms with E-state index in [-0.39, 0.29) is 22.3 Å². The first kappa shape index (κ1) is 28.1. The van der Waals surface area contributed by atoms with Crippen LogP contribution in [0.4, 0.5) is 4.39 Å². The minimum Gasteiger partial charge on any atom is -0.291 e. The molecule has 0 radical (unpaired) electrons. The van der Waals surface area contributed by atoms with Gasteiger partial charge in [-0.3, -0.25) is 14.5 Å². The summed E-state index contributed by atoms with van der Waals surface area (Å²) in [6.45, 7) is 0.399. The molecule has 3 aliphatic rings. The van der Waals surface area contributed by atoms with E-state index < -0.39 is 21.5 Å². The van der Waals surface area contributed by atoms with Crippen molar-refractivity contribution in [2.75, 3.05) is 6.54 Å². The predicted octanol–water partition coefficient (Wildman–Crippen LogP) is 5.26. The molecule has 0 N–H and O–H groups in total. The van der Waals surface area contributed by atoms with E-state index in [2.05, 4.69) is 15.2 Å². The number of ketones is 1. The topological polar surface area (TPSA) is 103 Å². The fourth-order valence-electron chi connectivity index (χ4n) is 6.54. The molecule has 2 atom stereocenters. The number of pyridine rings is 1. The molecule has 43 heavy (non-hydrogen) atoms. The molecule has 2 saturated carbocycles. The van der Waals surface area contributed by atoms with Crippen molar-refractivity contribution in [1.29, 1.82) is 0 Å². The molecule has 2 fully saturated rings. The molecule has 0 bridgehead atoms. The lowest BCUT2D eigenvalue weighted by atomic mass is 9.60. The predicted molar refractivity (Wildman–Crippen MR) is 159 cm³/mol. The minimum absolute atomic E-state index is 0.0142. The highest BCUT2D eigenvalue weighted by Gasteiger charge is 2.52. The van der Waals surface area contributed by atoms with Crippen LogP contribution in [-0.4, -0.2) is 55.6 Å². The molecular formula is C31H30ClFN6O3S. The molecule has 4 aromatic rings. The van der Waals surface area contributed by atoms with Gasteiger partial charge in [-0.15, -0.1) is 0 Å². The number of carbonyl (C=O) groups excluding carboxylic acids is 1. The second kappa shape index (κ2) is 10.5. The Hall–Kier alpha value is -3.67. The third-order valence-corrected chi connectivity index (χ3v) is 10.9. The third-order valence-electron chi connectivity index (χ3n) is 8.90. The zero-order valence-electron chi connectivity index (χ0n) is 23.5. The van der Waals surface area contributed by atoms with Gasteiger partial charge >= 0.3 is 0 Å². The molecule has 3 aromatic heterocycles. The molecule has 0 spiro atoms. The Bertz CT molecular complexity index is 1860. The number of carbonyl (C=O) groups is 1. The zero-order valence-corrected chi connectivity index (χ0v) is 25.1. The molecule has 0 saturated heterocycles. The van der Waals surface area contributed by atoms with Crippen LogP contribution >= 0.6 is 11.6 Å². The van der Waals surface area contributed by atoms with Crippen molar-refractivity contribution in [3.8, 4) is 5.69 Å². The Labute approximate surface area is 254 Å². The van der Waals surface area contributed by atoms with Gasteiger partial charge in [0.1, 0.15) is 11.5 Å². The number of allylic oxidation sites excluding steroid dienone is 1. The summed E-state index contributed by atoms with van der Waals surface area (Å²) in [6.07, 6.45) is 10.6. The van der Waals surface area contributed by atoms with Crippen LogP contribution in [-0.2, 0) is 23.5 Å². The van der Waals surface area contributed by atoms with Gasteiger partial charge in [-0.2, -0.15) is 14.5 Å². The molecule has 0 aliphatic heterocycles. The maximum absolute atomic E-state index is 14.5. The quantitative estimate of drug-likeness (QED) is 0.249. The van der Waals surface area contributed by atoms with Crippen molar-refractivity contribution in [3.63, 3.8) is 0 Å². The van der Waals surface area contributed by atoms with E-state index in [9.17, 15) is 17.6 Å². The summed E-state index contributed by atoms with van der Waals surface area (Å²) < 4.78 is 46.5. The number of halogens is 2. The summed E-state index contributed by atoms with van der Waals surface area (Å²) in [6, 6.07) is 10.4. The number of aryl methyl sites for hydroxylation is 1. The Balaban J connectivity index is 1.32. The molecule has 1 aromatic carbocycles. The zero-order chi connectivity index (χ0) is 29.9. The van der Waals surface area contributed by atoms with E-state index in [1.54, 1.807) is 52.7 Å². The highest BCUT2D eigenvalue weighted by atomic mass is 35.5. The highest BCUT2D eigenvalue weighted by molar-refractivity contribution is 7.89. The molecular weight excluding hydrogens is 591 g/mol. The number of hydrogen-bond donors (Lipinski definition) is 0. The molecule has 3 aliphatic carbocycles. The molecule has 222 valence electrons. The second-order valence-electron chi connectivity index (χ2n) is 11.8. The average molecular weight is 621 g/mol. The Morgan fingerprint density at radius 2 is 1.95 bits per heavy atom. The number of nitrogens with zero attached hydrogens (tertiary/aromatic N) is 6. The van der Waals surface area contributed by atoms with E-state index in [1.807, 2.05) is 6.08 Å². The van der Waals surface area contributed by atoms with E-state index >= 15 is 0 Å². The number of Topliss-reactive ketones (excluding diaryl/α,β-unsaturated/α-hetero) is 1. The third kappa shape index (κ3) is 5.03. The summed E-state index contributed by atoms with van der Waals surface area (Å²) in [5.41, 5.74) is 2.51. The maximum atomic E-state index is 14.5. The van der Waals surface area contributed by atoms with Gasteiger partial charge in [-0.1, -0.05) is 17.2 Å². The fraction of sp³-hybridized carbons (Fsp3) is 0.355. The van der Waals surface area contributed by atoms with Crippen molar-refractivity contribution in [1.82, 2.24) is 28.9 Å². The lowest BCUT2D eigenvalue weighted by molar-refractivity contribution is 0.0735. The first-order valence-electron chi connectivity index (χ1n) is 14.4. The number of aromatic nitrogens is 5. The van der Waals surface area contributed by atoms with E-state index in [0.717, 1.165) is 29.7 Å². The first-order chi connectivity index (χ1) is 20.6. The van der Waals surface area contributed by atoms with Crippen LogP contribution in [0.3, 0.4) is 0 Å². The van der Waals surface area contributed by atoms with Crippen LogP contribution in [0.15, 0.2) is 71.7 Å². The largest absolute Gasteiger partial charge is 0.291 e. The van der Waals surface area contributed by atoms with Gasteiger partial charge in [-0.25, -0.2) is 17.5 Å². The van der Waals surface area contributed by atoms with Crippen LogP contribution in [0, 0.1) is 17.2 Å². The summed E-state index contributed by atoms with van der Waals surface area (Å²) in [4.78, 5) is 18.9. The molecule has 3 heterocycles. The fourth-order valence-corrected chi connectivity index (χ4v) is 8.39. The molecule has 12 heteroatoms. The van der Waals surface area contributed by atoms with Crippen LogP contribution < -0.4 is 0 Å². The summed E-state index contributed by atoms with van der Waals surface area (Å²) in [5, 5.41) is 9.25. The van der Waals surface area contributed by atoms with Gasteiger partial charge in [0.05, 0.1) is 23.0 Å². The first-order valence-corrected chi connectivity index (χ1v) is 16.2. The molecule has 9 nitrogen and oxygen atoms in total. The SMILES string of the molecule is Cn1ccc(S(=O)(=O)N(CC2CC2)[C@H]2CCC3=Cc4c(cnn4-c4ccc(F)cc4)C[C@]3(C(=O)c3cc(Cl)ccn3)C2)n1. The van der Waals surface area contributed by atoms with E-state index in [0.29, 0.717) is 48.9 Å². The van der Waals surface area contributed by atoms with Gasteiger partial charge < -0.3 is 0 Å². The number of rotatable bonds is 8. The van der Waals surface area contributed by atoms with Crippen LogP contribution in [0.1, 0.15) is 53.8 Å². The molecule has 7 rings (SSSR count). The highest BCUT2D eigenvalue weighted by Crippen LogP contribution is 2.52. The van der Waals surface area contributed by atoms with Gasteiger partial charge in [0.15, 0.2) is 10.8 Å². The van der Waals surface area contributed by atoms with Crippen molar-refractivity contribution >= 4 is 33.5 Å². The van der Waals surface area contributed by atoms with Crippen LogP contribution in [0.2, 0.25) is 5.02 Å². The normalized spacial score (nSPS) is 21.8. The van der Waals surface area contributed by atoms with Crippen molar-refractivity contribution in [2.24, 2.45) is 18.4 Å². The smallest absolute Gasteiger partial charge is 0.262 e. The maximum Gasteiger partial charge on any atom is 0.262 e. The van der Waals surface area contributed by atoms with E-state index in [1.165, 1.54) is 29.1 Å². The minimum atomic E-state index is -3.91. The lowest BCUT2D eigenvalue weighted by Crippen LogP contribution is -2.51. The number of benzene rings is 1. The number of fused-ring (bicyclic) bond motifs is 2. The summed E-state index contributed by atoms with van der Waals surface area (Å²) >= 11 is 6.29. The number of sulfonamides is 1. The lowest BCUT2D eigenvalue weighted by Gasteiger charge is -2.46. The van der Waals surface area contributed by atoms with Gasteiger partial charge in [0.2, 0.25) is 0 Å². The Morgan fingerprint density at radius 1 is 1.16 bits per heavy atom. The Morgan fingerprint density at radius 3 is 2.65 bits per heavy atom. The van der Waals surface area contributed by atoms with Gasteiger partial charge in [0, 0.05) is 37.1 Å². The second-order valence-corrected chi connectivity index (χ2v) is 14.1. The van der Waals surface area contributed by atoms with E-state index in [4.69, 9.17) is 11.6 Å². The summed E-state index contributed by atoms with van der Waals surface area (Å²) in [7, 11) is -2.21.